The molecule has 19 heavy (non-hydrogen) atoms. The number of thiazole rings is 1. The van der Waals surface area contributed by atoms with Crippen molar-refractivity contribution in [1.82, 2.24) is 4.98 Å². The van der Waals surface area contributed by atoms with Crippen molar-refractivity contribution in [2.45, 2.75) is 19.9 Å². The lowest BCUT2D eigenvalue weighted by Gasteiger charge is -2.10. The van der Waals surface area contributed by atoms with Crippen LogP contribution in [0.4, 0.5) is 0 Å². The largest absolute Gasteiger partial charge is 0.493 e. The maximum atomic E-state index is 5.95. The van der Waals surface area contributed by atoms with Gasteiger partial charge in [0.15, 0.2) is 11.5 Å². The van der Waals surface area contributed by atoms with E-state index in [2.05, 4.69) is 4.98 Å². The third-order valence-corrected chi connectivity index (χ3v) is 4.27. The lowest BCUT2D eigenvalue weighted by atomic mass is 10.2. The van der Waals surface area contributed by atoms with Crippen LogP contribution in [0, 0.1) is 6.92 Å². The predicted octanol–water partition coefficient (Wildman–Crippen LogP) is 3.16. The average molecular weight is 278 g/mol. The van der Waals surface area contributed by atoms with Gasteiger partial charge in [-0.3, -0.25) is 0 Å². The Balaban J connectivity index is 2.55. The van der Waals surface area contributed by atoms with Gasteiger partial charge in [-0.25, -0.2) is 4.98 Å². The molecule has 0 aliphatic carbocycles. The van der Waals surface area contributed by atoms with E-state index < -0.39 is 0 Å². The molecule has 0 spiro atoms. The molecule has 0 aliphatic heterocycles. The van der Waals surface area contributed by atoms with Crippen LogP contribution in [0.25, 0.3) is 10.6 Å². The molecule has 102 valence electrons. The lowest BCUT2D eigenvalue weighted by molar-refractivity contribution is 0.356. The highest BCUT2D eigenvalue weighted by atomic mass is 32.1. The van der Waals surface area contributed by atoms with Crippen LogP contribution in [0.2, 0.25) is 0 Å². The molecule has 0 radical (unpaired) electrons. The van der Waals surface area contributed by atoms with Crippen molar-refractivity contribution < 1.29 is 9.47 Å². The second-order valence-electron chi connectivity index (χ2n) is 4.30. The number of aryl methyl sites for hydroxylation is 1. The third kappa shape index (κ3) is 2.57. The molecule has 1 aromatic carbocycles. The summed E-state index contributed by atoms with van der Waals surface area (Å²) in [6, 6.07) is 5.77. The second kappa shape index (κ2) is 5.59. The number of rotatable bonds is 4. The first-order chi connectivity index (χ1) is 9.08. The van der Waals surface area contributed by atoms with Crippen LogP contribution in [0.1, 0.15) is 23.5 Å². The number of para-hydroxylation sites is 1. The minimum atomic E-state index is -0.0112. The highest BCUT2D eigenvalue weighted by molar-refractivity contribution is 7.15. The van der Waals surface area contributed by atoms with E-state index in [1.54, 1.807) is 25.6 Å². The normalized spacial score (nSPS) is 12.3. The summed E-state index contributed by atoms with van der Waals surface area (Å²) in [5.41, 5.74) is 7.85. The van der Waals surface area contributed by atoms with Crippen molar-refractivity contribution in [2.75, 3.05) is 14.2 Å². The topological polar surface area (TPSA) is 57.4 Å². The van der Waals surface area contributed by atoms with Gasteiger partial charge in [0.1, 0.15) is 5.01 Å². The van der Waals surface area contributed by atoms with Gasteiger partial charge in [-0.1, -0.05) is 6.07 Å². The molecule has 2 aromatic rings. The third-order valence-electron chi connectivity index (χ3n) is 2.88. The van der Waals surface area contributed by atoms with Crippen LogP contribution in [0.15, 0.2) is 18.2 Å². The summed E-state index contributed by atoms with van der Waals surface area (Å²) < 4.78 is 10.8. The Morgan fingerprint density at radius 1 is 1.26 bits per heavy atom. The summed E-state index contributed by atoms with van der Waals surface area (Å²) in [6.45, 7) is 3.94. The maximum absolute atomic E-state index is 5.95. The Labute approximate surface area is 117 Å². The van der Waals surface area contributed by atoms with E-state index in [-0.39, 0.29) is 6.04 Å². The SMILES string of the molecule is COc1cccc(-c2nc(C)c(C(C)N)s2)c1OC. The van der Waals surface area contributed by atoms with Crippen molar-refractivity contribution in [2.24, 2.45) is 5.73 Å². The molecule has 4 nitrogen and oxygen atoms in total. The number of hydrogen-bond donors (Lipinski definition) is 1. The molecule has 0 aliphatic rings. The number of benzene rings is 1. The summed E-state index contributed by atoms with van der Waals surface area (Å²) in [4.78, 5) is 5.69. The summed E-state index contributed by atoms with van der Waals surface area (Å²) in [5.74, 6) is 1.41. The zero-order chi connectivity index (χ0) is 14.0. The van der Waals surface area contributed by atoms with Crippen LogP contribution in [0.3, 0.4) is 0 Å². The Hall–Kier alpha value is -1.59. The highest BCUT2D eigenvalue weighted by Crippen LogP contribution is 2.40. The fraction of sp³-hybridized carbons (Fsp3) is 0.357. The lowest BCUT2D eigenvalue weighted by Crippen LogP contribution is -2.03. The van der Waals surface area contributed by atoms with Crippen molar-refractivity contribution in [1.29, 1.82) is 0 Å². The van der Waals surface area contributed by atoms with Gasteiger partial charge in [0.2, 0.25) is 0 Å². The zero-order valence-corrected chi connectivity index (χ0v) is 12.4. The van der Waals surface area contributed by atoms with Gasteiger partial charge < -0.3 is 15.2 Å². The number of nitrogens with zero attached hydrogens (tertiary/aromatic N) is 1. The number of methoxy groups -OCH3 is 2. The number of nitrogens with two attached hydrogens (primary N) is 1. The second-order valence-corrected chi connectivity index (χ2v) is 5.33. The monoisotopic (exact) mass is 278 g/mol. The maximum Gasteiger partial charge on any atom is 0.170 e. The number of aromatic nitrogens is 1. The molecule has 2 N–H and O–H groups in total. The van der Waals surface area contributed by atoms with Crippen molar-refractivity contribution in [3.05, 3.63) is 28.8 Å². The standard InChI is InChI=1S/C14H18N2O2S/c1-8(15)13-9(2)16-14(19-13)10-6-5-7-11(17-3)12(10)18-4/h5-8H,15H2,1-4H3. The van der Waals surface area contributed by atoms with Gasteiger partial charge >= 0.3 is 0 Å². The molecule has 1 unspecified atom stereocenters. The summed E-state index contributed by atoms with van der Waals surface area (Å²) >= 11 is 1.60. The number of ether oxygens (including phenoxy) is 2. The first kappa shape index (κ1) is 13.8. The smallest absolute Gasteiger partial charge is 0.170 e. The van der Waals surface area contributed by atoms with E-state index in [1.165, 1.54) is 0 Å². The first-order valence-electron chi connectivity index (χ1n) is 6.02. The van der Waals surface area contributed by atoms with E-state index in [4.69, 9.17) is 15.2 Å². The zero-order valence-electron chi connectivity index (χ0n) is 11.6. The first-order valence-corrected chi connectivity index (χ1v) is 6.84. The Kier molecular flexibility index (Phi) is 4.07. The van der Waals surface area contributed by atoms with E-state index >= 15 is 0 Å². The van der Waals surface area contributed by atoms with Gasteiger partial charge in [0.05, 0.1) is 25.5 Å². The van der Waals surface area contributed by atoms with Crippen molar-refractivity contribution in [3.63, 3.8) is 0 Å². The summed E-state index contributed by atoms with van der Waals surface area (Å²) in [6.07, 6.45) is 0. The van der Waals surface area contributed by atoms with E-state index in [1.807, 2.05) is 32.0 Å². The number of hydrogen-bond acceptors (Lipinski definition) is 5. The minimum absolute atomic E-state index is 0.0112. The molecule has 0 saturated heterocycles. The molecule has 2 rings (SSSR count). The fourth-order valence-electron chi connectivity index (χ4n) is 2.00. The molecule has 1 atom stereocenters. The average Bonchev–Trinajstić information content (AvgIpc) is 2.79. The van der Waals surface area contributed by atoms with Crippen LogP contribution >= 0.6 is 11.3 Å². The molecule has 5 heteroatoms. The van der Waals surface area contributed by atoms with Crippen molar-refractivity contribution >= 4 is 11.3 Å². The molecule has 1 aromatic heterocycles. The predicted molar refractivity (Wildman–Crippen MR) is 78.0 cm³/mol. The van der Waals surface area contributed by atoms with Gasteiger partial charge in [0.25, 0.3) is 0 Å². The van der Waals surface area contributed by atoms with Gasteiger partial charge in [-0.15, -0.1) is 11.3 Å². The van der Waals surface area contributed by atoms with Crippen LogP contribution in [-0.2, 0) is 0 Å². The van der Waals surface area contributed by atoms with E-state index in [0.717, 1.165) is 21.1 Å². The molecular formula is C14H18N2O2S. The minimum Gasteiger partial charge on any atom is -0.493 e. The molecule has 0 fully saturated rings. The summed E-state index contributed by atoms with van der Waals surface area (Å²) in [5, 5.41) is 0.903. The molecular weight excluding hydrogens is 260 g/mol. The van der Waals surface area contributed by atoms with Crippen molar-refractivity contribution in [3.8, 4) is 22.1 Å². The van der Waals surface area contributed by atoms with Crippen LogP contribution in [-0.4, -0.2) is 19.2 Å². The quantitative estimate of drug-likeness (QED) is 0.933. The van der Waals surface area contributed by atoms with Gasteiger partial charge in [-0.2, -0.15) is 0 Å². The molecule has 0 bridgehead atoms. The molecule has 0 amide bonds. The fourth-order valence-corrected chi connectivity index (χ4v) is 3.04. The van der Waals surface area contributed by atoms with E-state index in [9.17, 15) is 0 Å². The van der Waals surface area contributed by atoms with Crippen LogP contribution in [0.5, 0.6) is 11.5 Å². The molecule has 0 saturated carbocycles. The molecule has 1 heterocycles. The Morgan fingerprint density at radius 2 is 2.00 bits per heavy atom. The van der Waals surface area contributed by atoms with Gasteiger partial charge in [0, 0.05) is 10.9 Å². The van der Waals surface area contributed by atoms with Gasteiger partial charge in [-0.05, 0) is 26.0 Å². The Bertz CT molecular complexity index is 579. The van der Waals surface area contributed by atoms with E-state index in [0.29, 0.717) is 11.5 Å². The van der Waals surface area contributed by atoms with Crippen LogP contribution < -0.4 is 15.2 Å². The summed E-state index contributed by atoms with van der Waals surface area (Å²) in [7, 11) is 3.26. The Morgan fingerprint density at radius 3 is 2.53 bits per heavy atom. The highest BCUT2D eigenvalue weighted by Gasteiger charge is 2.17.